The third-order valence-corrected chi connectivity index (χ3v) is 3.87. The minimum Gasteiger partial charge on any atom is -0.483 e. The van der Waals surface area contributed by atoms with E-state index < -0.39 is 0 Å². The molecule has 0 radical (unpaired) electrons. The van der Waals surface area contributed by atoms with Gasteiger partial charge >= 0.3 is 0 Å². The maximum absolute atomic E-state index is 12.0. The molecule has 1 N–H and O–H groups in total. The highest BCUT2D eigenvalue weighted by Crippen LogP contribution is 2.28. The van der Waals surface area contributed by atoms with Crippen LogP contribution in [-0.2, 0) is 11.2 Å². The summed E-state index contributed by atoms with van der Waals surface area (Å²) in [5.41, 5.74) is 1.10. The van der Waals surface area contributed by atoms with Crippen LogP contribution in [0.15, 0.2) is 35.0 Å². The zero-order valence-electron chi connectivity index (χ0n) is 14.7. The van der Waals surface area contributed by atoms with Crippen molar-refractivity contribution in [2.45, 2.75) is 33.2 Å². The normalized spacial score (nSPS) is 11.2. The molecule has 3 rings (SSSR count). The predicted molar refractivity (Wildman–Crippen MR) is 93.6 cm³/mol. The van der Waals surface area contributed by atoms with Crippen molar-refractivity contribution in [1.29, 1.82) is 0 Å². The molecule has 25 heavy (non-hydrogen) atoms. The monoisotopic (exact) mass is 342 g/mol. The van der Waals surface area contributed by atoms with E-state index in [1.165, 1.54) is 0 Å². The van der Waals surface area contributed by atoms with Gasteiger partial charge in [0.1, 0.15) is 5.75 Å². The molecule has 0 bridgehead atoms. The van der Waals surface area contributed by atoms with Gasteiger partial charge in [-0.2, -0.15) is 4.98 Å². The van der Waals surface area contributed by atoms with Crippen LogP contribution in [0.5, 0.6) is 5.75 Å². The zero-order chi connectivity index (χ0) is 17.8. The third kappa shape index (κ3) is 3.99. The van der Waals surface area contributed by atoms with Crippen molar-refractivity contribution in [2.24, 2.45) is 0 Å². The Balaban J connectivity index is 1.54. The van der Waals surface area contributed by atoms with Crippen LogP contribution in [0, 0.1) is 6.92 Å². The number of hydrogen-bond donors (Lipinski definition) is 1. The van der Waals surface area contributed by atoms with Crippen molar-refractivity contribution >= 4 is 16.8 Å². The van der Waals surface area contributed by atoms with Gasteiger partial charge in [-0.3, -0.25) is 4.79 Å². The van der Waals surface area contributed by atoms with Gasteiger partial charge in [-0.15, -0.1) is 0 Å². The molecule has 0 aliphatic carbocycles. The molecule has 0 aliphatic rings. The maximum Gasteiger partial charge on any atom is 0.257 e. The zero-order valence-corrected chi connectivity index (χ0v) is 14.7. The Bertz CT molecular complexity index is 866. The Morgan fingerprint density at radius 2 is 2.20 bits per heavy atom. The first kappa shape index (κ1) is 17.0. The number of carbonyl (C=O) groups excluding carboxylic acids is 1. The number of hydrogen-bond acceptors (Lipinski definition) is 5. The first-order chi connectivity index (χ1) is 12.0. The molecule has 2 aromatic heterocycles. The molecule has 2 heterocycles. The fourth-order valence-corrected chi connectivity index (χ4v) is 2.68. The number of fused-ring (bicyclic) bond motifs is 1. The van der Waals surface area contributed by atoms with Crippen LogP contribution < -0.4 is 10.1 Å². The number of nitrogens with one attached hydrogen (secondary N) is 1. The molecule has 7 heteroatoms. The molecule has 0 fully saturated rings. The van der Waals surface area contributed by atoms with Crippen molar-refractivity contribution in [1.82, 2.24) is 20.0 Å². The summed E-state index contributed by atoms with van der Waals surface area (Å²) >= 11 is 0. The largest absolute Gasteiger partial charge is 0.483 e. The summed E-state index contributed by atoms with van der Waals surface area (Å²) < 4.78 is 12.9. The molecular formula is C18H22N4O3. The molecule has 0 spiro atoms. The van der Waals surface area contributed by atoms with Crippen LogP contribution in [0.4, 0.5) is 0 Å². The van der Waals surface area contributed by atoms with E-state index in [0.717, 1.165) is 10.9 Å². The van der Waals surface area contributed by atoms with Crippen molar-refractivity contribution in [2.75, 3.05) is 13.2 Å². The number of carbonyl (C=O) groups is 1. The Hall–Kier alpha value is -2.83. The molecular weight excluding hydrogens is 320 g/mol. The lowest BCUT2D eigenvalue weighted by Gasteiger charge is -2.11. The van der Waals surface area contributed by atoms with Gasteiger partial charge < -0.3 is 19.1 Å². The van der Waals surface area contributed by atoms with Gasteiger partial charge in [0, 0.05) is 30.6 Å². The lowest BCUT2D eigenvalue weighted by Crippen LogP contribution is -2.30. The van der Waals surface area contributed by atoms with Crippen molar-refractivity contribution in [3.05, 3.63) is 42.2 Å². The number of ether oxygens (including phenoxy) is 1. The fraction of sp³-hybridized carbons (Fsp3) is 0.389. The lowest BCUT2D eigenvalue weighted by molar-refractivity contribution is -0.123. The van der Waals surface area contributed by atoms with Gasteiger partial charge in [0.25, 0.3) is 5.91 Å². The van der Waals surface area contributed by atoms with E-state index in [0.29, 0.717) is 36.5 Å². The summed E-state index contributed by atoms with van der Waals surface area (Å²) in [4.78, 5) is 16.0. The molecule has 0 unspecified atom stereocenters. The fourth-order valence-electron chi connectivity index (χ4n) is 2.68. The van der Waals surface area contributed by atoms with Crippen LogP contribution >= 0.6 is 0 Å². The summed E-state index contributed by atoms with van der Waals surface area (Å²) in [7, 11) is 0. The number of benzene rings is 1. The lowest BCUT2D eigenvalue weighted by atomic mass is 10.2. The van der Waals surface area contributed by atoms with Crippen LogP contribution in [0.3, 0.4) is 0 Å². The van der Waals surface area contributed by atoms with Crippen LogP contribution in [-0.4, -0.2) is 33.8 Å². The topological polar surface area (TPSA) is 82.2 Å². The quantitative estimate of drug-likeness (QED) is 0.714. The van der Waals surface area contributed by atoms with Crippen molar-refractivity contribution in [3.8, 4) is 5.75 Å². The number of aromatic nitrogens is 3. The maximum atomic E-state index is 12.0. The highest BCUT2D eigenvalue weighted by molar-refractivity contribution is 5.87. The summed E-state index contributed by atoms with van der Waals surface area (Å²) in [6.07, 6.45) is 2.54. The molecule has 0 aliphatic heterocycles. The van der Waals surface area contributed by atoms with Gasteiger partial charge in [-0.25, -0.2) is 0 Å². The van der Waals surface area contributed by atoms with E-state index in [1.807, 2.05) is 24.4 Å². The Morgan fingerprint density at radius 3 is 2.92 bits per heavy atom. The minimum atomic E-state index is -0.184. The van der Waals surface area contributed by atoms with Gasteiger partial charge in [0.2, 0.25) is 5.89 Å². The van der Waals surface area contributed by atoms with Gasteiger partial charge in [0.15, 0.2) is 12.4 Å². The van der Waals surface area contributed by atoms with E-state index >= 15 is 0 Å². The second kappa shape index (κ2) is 7.38. The summed E-state index contributed by atoms with van der Waals surface area (Å²) in [5.74, 6) is 1.63. The Kier molecular flexibility index (Phi) is 5.02. The molecule has 1 aromatic carbocycles. The molecule has 1 amide bonds. The first-order valence-corrected chi connectivity index (χ1v) is 8.33. The number of rotatable bonds is 7. The molecule has 0 atom stereocenters. The average molecular weight is 342 g/mol. The van der Waals surface area contributed by atoms with E-state index in [1.54, 1.807) is 6.92 Å². The molecule has 7 nitrogen and oxygen atoms in total. The Morgan fingerprint density at radius 1 is 1.36 bits per heavy atom. The Labute approximate surface area is 146 Å². The van der Waals surface area contributed by atoms with E-state index in [2.05, 4.69) is 39.9 Å². The smallest absolute Gasteiger partial charge is 0.257 e. The number of aryl methyl sites for hydroxylation is 1. The second-order valence-corrected chi connectivity index (χ2v) is 6.13. The van der Waals surface area contributed by atoms with Crippen LogP contribution in [0.2, 0.25) is 0 Å². The molecule has 0 saturated heterocycles. The van der Waals surface area contributed by atoms with Gasteiger partial charge in [0.05, 0.1) is 5.52 Å². The van der Waals surface area contributed by atoms with E-state index in [-0.39, 0.29) is 12.5 Å². The molecule has 0 saturated carbocycles. The predicted octanol–water partition coefficient (Wildman–Crippen LogP) is 2.65. The molecule has 132 valence electrons. The summed E-state index contributed by atoms with van der Waals surface area (Å²) in [6.45, 7) is 6.41. The van der Waals surface area contributed by atoms with Crippen molar-refractivity contribution in [3.63, 3.8) is 0 Å². The average Bonchev–Trinajstić information content (AvgIpc) is 3.19. The van der Waals surface area contributed by atoms with Crippen LogP contribution in [0.25, 0.3) is 10.9 Å². The minimum absolute atomic E-state index is 0.0329. The third-order valence-electron chi connectivity index (χ3n) is 3.87. The highest BCUT2D eigenvalue weighted by Gasteiger charge is 2.10. The standard InChI is InChI=1S/C18H22N4O3/c1-12(2)22-10-8-14-15(22)5-4-6-16(14)24-11-17(23)19-9-7-18-20-13(3)21-25-18/h4-6,8,10,12H,7,9,11H2,1-3H3,(H,19,23). The highest BCUT2D eigenvalue weighted by atomic mass is 16.5. The molecule has 3 aromatic rings. The first-order valence-electron chi connectivity index (χ1n) is 8.33. The van der Waals surface area contributed by atoms with E-state index in [4.69, 9.17) is 9.26 Å². The number of nitrogens with zero attached hydrogens (tertiary/aromatic N) is 3. The van der Waals surface area contributed by atoms with E-state index in [9.17, 15) is 4.79 Å². The number of amides is 1. The van der Waals surface area contributed by atoms with Crippen molar-refractivity contribution < 1.29 is 14.1 Å². The second-order valence-electron chi connectivity index (χ2n) is 6.13. The SMILES string of the molecule is Cc1noc(CCNC(=O)COc2cccc3c2ccn3C(C)C)n1. The summed E-state index contributed by atoms with van der Waals surface area (Å²) in [6, 6.07) is 8.24. The van der Waals surface area contributed by atoms with Gasteiger partial charge in [-0.1, -0.05) is 11.2 Å². The van der Waals surface area contributed by atoms with Gasteiger partial charge in [-0.05, 0) is 39.0 Å². The summed E-state index contributed by atoms with van der Waals surface area (Å²) in [5, 5.41) is 7.50. The van der Waals surface area contributed by atoms with Crippen LogP contribution in [0.1, 0.15) is 31.6 Å².